The van der Waals surface area contributed by atoms with Crippen molar-refractivity contribution < 1.29 is 14.3 Å². The van der Waals surface area contributed by atoms with Crippen LogP contribution in [0.3, 0.4) is 0 Å². The summed E-state index contributed by atoms with van der Waals surface area (Å²) >= 11 is 0. The van der Waals surface area contributed by atoms with Crippen molar-refractivity contribution in [2.75, 3.05) is 20.3 Å². The minimum Gasteiger partial charge on any atom is -0.497 e. The highest BCUT2D eigenvalue weighted by Crippen LogP contribution is 2.13. The molecule has 0 atom stereocenters. The molecule has 0 fully saturated rings. The Hall–Kier alpha value is -2.29. The lowest BCUT2D eigenvalue weighted by Gasteiger charge is -2.12. The molecule has 2 aromatic rings. The van der Waals surface area contributed by atoms with Crippen molar-refractivity contribution in [1.82, 2.24) is 10.6 Å². The maximum atomic E-state index is 11.7. The van der Waals surface area contributed by atoms with Gasteiger partial charge in [-0.1, -0.05) is 24.3 Å². The molecule has 0 heterocycles. The molecule has 0 aromatic heterocycles. The lowest BCUT2D eigenvalue weighted by Crippen LogP contribution is -2.36. The SMILES string of the molecule is CCNC(=NCc1cccc(OC)c1)NCc1ccc(C(=O)OCC)cc1.I. The first-order valence-electron chi connectivity index (χ1n) is 9.07. The average molecular weight is 497 g/mol. The van der Waals surface area contributed by atoms with E-state index in [1.54, 1.807) is 26.2 Å². The van der Waals surface area contributed by atoms with E-state index in [-0.39, 0.29) is 29.9 Å². The maximum Gasteiger partial charge on any atom is 0.338 e. The Morgan fingerprint density at radius 1 is 1.04 bits per heavy atom. The largest absolute Gasteiger partial charge is 0.497 e. The average Bonchev–Trinajstić information content (AvgIpc) is 2.70. The van der Waals surface area contributed by atoms with Gasteiger partial charge in [-0.2, -0.15) is 0 Å². The number of ether oxygens (including phenoxy) is 2. The number of guanidine groups is 1. The third-order valence-corrected chi connectivity index (χ3v) is 3.82. The molecule has 0 radical (unpaired) electrons. The monoisotopic (exact) mass is 497 g/mol. The van der Waals surface area contributed by atoms with Gasteiger partial charge in [-0.3, -0.25) is 0 Å². The van der Waals surface area contributed by atoms with Crippen molar-refractivity contribution >= 4 is 35.9 Å². The van der Waals surface area contributed by atoms with E-state index in [9.17, 15) is 4.79 Å². The van der Waals surface area contributed by atoms with E-state index >= 15 is 0 Å². The van der Waals surface area contributed by atoms with Gasteiger partial charge in [-0.25, -0.2) is 9.79 Å². The second-order valence-electron chi connectivity index (χ2n) is 5.82. The molecule has 0 saturated carbocycles. The quantitative estimate of drug-likeness (QED) is 0.252. The van der Waals surface area contributed by atoms with Gasteiger partial charge in [0.2, 0.25) is 0 Å². The van der Waals surface area contributed by atoms with Crippen molar-refractivity contribution in [1.29, 1.82) is 0 Å². The van der Waals surface area contributed by atoms with E-state index in [1.807, 2.05) is 43.3 Å². The fourth-order valence-corrected chi connectivity index (χ4v) is 2.44. The van der Waals surface area contributed by atoms with Crippen LogP contribution in [0, 0.1) is 0 Å². The highest BCUT2D eigenvalue weighted by Gasteiger charge is 2.06. The number of carbonyl (C=O) groups excluding carboxylic acids is 1. The van der Waals surface area contributed by atoms with Gasteiger partial charge in [-0.15, -0.1) is 24.0 Å². The van der Waals surface area contributed by atoms with Gasteiger partial charge in [0, 0.05) is 13.1 Å². The third-order valence-electron chi connectivity index (χ3n) is 3.82. The first kappa shape index (κ1) is 23.7. The molecule has 28 heavy (non-hydrogen) atoms. The third kappa shape index (κ3) is 7.75. The molecule has 0 aliphatic rings. The molecule has 2 aromatic carbocycles. The summed E-state index contributed by atoms with van der Waals surface area (Å²) < 4.78 is 10.2. The fourth-order valence-electron chi connectivity index (χ4n) is 2.44. The summed E-state index contributed by atoms with van der Waals surface area (Å²) in [6.07, 6.45) is 0. The zero-order valence-corrected chi connectivity index (χ0v) is 18.9. The molecule has 6 nitrogen and oxygen atoms in total. The molecular weight excluding hydrogens is 469 g/mol. The number of halogens is 1. The van der Waals surface area contributed by atoms with E-state index in [2.05, 4.69) is 15.6 Å². The normalized spacial score (nSPS) is 10.6. The van der Waals surface area contributed by atoms with Crippen LogP contribution in [0.15, 0.2) is 53.5 Å². The van der Waals surface area contributed by atoms with Gasteiger partial charge in [0.05, 0.1) is 25.8 Å². The molecule has 0 aliphatic heterocycles. The van der Waals surface area contributed by atoms with Crippen LogP contribution in [-0.4, -0.2) is 32.2 Å². The van der Waals surface area contributed by atoms with Crippen LogP contribution < -0.4 is 15.4 Å². The zero-order chi connectivity index (χ0) is 19.5. The predicted octanol–water partition coefficient (Wildman–Crippen LogP) is 3.75. The van der Waals surface area contributed by atoms with Crippen LogP contribution in [0.1, 0.15) is 35.3 Å². The van der Waals surface area contributed by atoms with E-state index in [0.29, 0.717) is 25.3 Å². The van der Waals surface area contributed by atoms with Crippen molar-refractivity contribution in [3.8, 4) is 5.75 Å². The van der Waals surface area contributed by atoms with Crippen LogP contribution >= 0.6 is 24.0 Å². The van der Waals surface area contributed by atoms with Crippen LogP contribution in [0.2, 0.25) is 0 Å². The molecule has 2 N–H and O–H groups in total. The molecule has 0 bridgehead atoms. The zero-order valence-electron chi connectivity index (χ0n) is 16.5. The Kier molecular flexibility index (Phi) is 11.0. The smallest absolute Gasteiger partial charge is 0.338 e. The minimum atomic E-state index is -0.301. The van der Waals surface area contributed by atoms with E-state index in [4.69, 9.17) is 9.47 Å². The maximum absolute atomic E-state index is 11.7. The topological polar surface area (TPSA) is 72.0 Å². The Bertz CT molecular complexity index is 764. The molecule has 2 rings (SSSR count). The van der Waals surface area contributed by atoms with Gasteiger partial charge in [0.25, 0.3) is 0 Å². The number of methoxy groups -OCH3 is 1. The van der Waals surface area contributed by atoms with Gasteiger partial charge in [-0.05, 0) is 49.2 Å². The highest BCUT2D eigenvalue weighted by molar-refractivity contribution is 14.0. The molecule has 0 aliphatic carbocycles. The number of hydrogen-bond acceptors (Lipinski definition) is 4. The number of hydrogen-bond donors (Lipinski definition) is 2. The second kappa shape index (κ2) is 13.0. The number of nitrogens with one attached hydrogen (secondary N) is 2. The van der Waals surface area contributed by atoms with E-state index < -0.39 is 0 Å². The molecule has 152 valence electrons. The molecule has 0 saturated heterocycles. The van der Waals surface area contributed by atoms with Gasteiger partial charge in [0.15, 0.2) is 5.96 Å². The summed E-state index contributed by atoms with van der Waals surface area (Å²) in [4.78, 5) is 16.3. The van der Waals surface area contributed by atoms with Crippen LogP contribution in [0.4, 0.5) is 0 Å². The first-order chi connectivity index (χ1) is 13.2. The lowest BCUT2D eigenvalue weighted by atomic mass is 10.1. The Labute approximate surface area is 183 Å². The number of carbonyl (C=O) groups is 1. The number of benzene rings is 2. The van der Waals surface area contributed by atoms with E-state index in [1.165, 1.54) is 0 Å². The lowest BCUT2D eigenvalue weighted by molar-refractivity contribution is 0.0526. The summed E-state index contributed by atoms with van der Waals surface area (Å²) in [6.45, 7) is 6.12. The summed E-state index contributed by atoms with van der Waals surface area (Å²) in [6, 6.07) is 15.2. The molecule has 7 heteroatoms. The summed E-state index contributed by atoms with van der Waals surface area (Å²) in [5.41, 5.74) is 2.68. The number of esters is 1. The van der Waals surface area contributed by atoms with Crippen LogP contribution in [0.25, 0.3) is 0 Å². The van der Waals surface area contributed by atoms with Crippen LogP contribution in [-0.2, 0) is 17.8 Å². The Morgan fingerprint density at radius 2 is 1.79 bits per heavy atom. The van der Waals surface area contributed by atoms with Gasteiger partial charge >= 0.3 is 5.97 Å². The van der Waals surface area contributed by atoms with Gasteiger partial charge < -0.3 is 20.1 Å². The number of nitrogens with zero attached hydrogens (tertiary/aromatic N) is 1. The highest BCUT2D eigenvalue weighted by atomic mass is 127. The molecule has 0 amide bonds. The Morgan fingerprint density at radius 3 is 2.43 bits per heavy atom. The van der Waals surface area contributed by atoms with Crippen LogP contribution in [0.5, 0.6) is 5.75 Å². The standard InChI is InChI=1S/C21H27N3O3.HI/c1-4-22-21(24-15-17-7-6-8-19(13-17)26-3)23-14-16-9-11-18(12-10-16)20(25)27-5-2;/h6-13H,4-5,14-15H2,1-3H3,(H2,22,23,24);1H. The minimum absolute atomic E-state index is 0. The summed E-state index contributed by atoms with van der Waals surface area (Å²) in [7, 11) is 1.65. The Balaban J connectivity index is 0.00000392. The predicted molar refractivity (Wildman–Crippen MR) is 122 cm³/mol. The van der Waals surface area contributed by atoms with E-state index in [0.717, 1.165) is 29.4 Å². The summed E-state index contributed by atoms with van der Waals surface area (Å²) in [5, 5.41) is 6.53. The van der Waals surface area contributed by atoms with Crippen molar-refractivity contribution in [3.63, 3.8) is 0 Å². The number of rotatable bonds is 8. The fraction of sp³-hybridized carbons (Fsp3) is 0.333. The van der Waals surface area contributed by atoms with Crippen molar-refractivity contribution in [2.45, 2.75) is 26.9 Å². The first-order valence-corrected chi connectivity index (χ1v) is 9.07. The molecular formula is C21H28IN3O3. The molecule has 0 unspecified atom stereocenters. The van der Waals surface area contributed by atoms with Crippen molar-refractivity contribution in [3.05, 3.63) is 65.2 Å². The van der Waals surface area contributed by atoms with Gasteiger partial charge in [0.1, 0.15) is 5.75 Å². The van der Waals surface area contributed by atoms with Crippen molar-refractivity contribution in [2.24, 2.45) is 4.99 Å². The number of aliphatic imine (C=N–C) groups is 1. The second-order valence-corrected chi connectivity index (χ2v) is 5.82. The molecule has 0 spiro atoms. The summed E-state index contributed by atoms with van der Waals surface area (Å²) in [5.74, 6) is 1.25.